The first-order chi connectivity index (χ1) is 9.35. The van der Waals surface area contributed by atoms with Gasteiger partial charge < -0.3 is 15.2 Å². The molecule has 1 amide bonds. The van der Waals surface area contributed by atoms with Crippen LogP contribution in [0.1, 0.15) is 53.2 Å². The minimum atomic E-state index is 0.0763. The number of aromatic nitrogens is 1. The smallest absolute Gasteiger partial charge is 0.240 e. The van der Waals surface area contributed by atoms with Crippen LogP contribution in [-0.4, -0.2) is 22.1 Å². The molecule has 0 aliphatic rings. The van der Waals surface area contributed by atoms with Crippen molar-refractivity contribution < 1.29 is 4.79 Å². The van der Waals surface area contributed by atoms with E-state index in [0.717, 1.165) is 25.1 Å². The second-order valence-corrected chi connectivity index (χ2v) is 6.31. The molecule has 4 nitrogen and oxygen atoms in total. The monoisotopic (exact) mass is 279 g/mol. The first kappa shape index (κ1) is 16.8. The van der Waals surface area contributed by atoms with Gasteiger partial charge in [-0.2, -0.15) is 0 Å². The SMILES string of the molecule is CCC(CC)NC(=O)Cn1cccc1CNC(C)(C)C. The number of carbonyl (C=O) groups is 1. The molecule has 0 aliphatic carbocycles. The molecule has 0 aliphatic heterocycles. The molecule has 20 heavy (non-hydrogen) atoms. The lowest BCUT2D eigenvalue weighted by Gasteiger charge is -2.21. The molecule has 0 saturated carbocycles. The van der Waals surface area contributed by atoms with Gasteiger partial charge in [0.05, 0.1) is 0 Å². The molecule has 1 rings (SSSR count). The van der Waals surface area contributed by atoms with Crippen LogP contribution in [0.5, 0.6) is 0 Å². The van der Waals surface area contributed by atoms with Crippen molar-refractivity contribution in [2.45, 2.75) is 72.1 Å². The number of nitrogens with one attached hydrogen (secondary N) is 2. The Labute approximate surface area is 122 Å². The number of nitrogens with zero attached hydrogens (tertiary/aromatic N) is 1. The molecule has 0 aromatic carbocycles. The number of rotatable bonds is 7. The lowest BCUT2D eigenvalue weighted by atomic mass is 10.1. The Hall–Kier alpha value is -1.29. The molecule has 0 fully saturated rings. The fraction of sp³-hybridized carbons (Fsp3) is 0.688. The lowest BCUT2D eigenvalue weighted by molar-refractivity contribution is -0.122. The highest BCUT2D eigenvalue weighted by molar-refractivity contribution is 5.76. The van der Waals surface area contributed by atoms with E-state index in [2.05, 4.69) is 51.3 Å². The normalized spacial score (nSPS) is 11.9. The Morgan fingerprint density at radius 1 is 1.30 bits per heavy atom. The van der Waals surface area contributed by atoms with Gasteiger partial charge in [0, 0.05) is 30.0 Å². The summed E-state index contributed by atoms with van der Waals surface area (Å²) in [6, 6.07) is 4.34. The highest BCUT2D eigenvalue weighted by atomic mass is 16.2. The standard InChI is InChI=1S/C16H29N3O/c1-6-13(7-2)18-15(20)12-19-10-8-9-14(19)11-17-16(3,4)5/h8-10,13,17H,6-7,11-12H2,1-5H3,(H,18,20). The highest BCUT2D eigenvalue weighted by Gasteiger charge is 2.12. The van der Waals surface area contributed by atoms with E-state index in [1.807, 2.05) is 16.8 Å². The third-order valence-corrected chi connectivity index (χ3v) is 3.39. The van der Waals surface area contributed by atoms with Crippen LogP contribution in [0.4, 0.5) is 0 Å². The van der Waals surface area contributed by atoms with Crippen molar-refractivity contribution in [3.05, 3.63) is 24.0 Å². The summed E-state index contributed by atoms with van der Waals surface area (Å²) in [7, 11) is 0. The second kappa shape index (κ2) is 7.48. The maximum absolute atomic E-state index is 12.0. The maximum atomic E-state index is 12.0. The zero-order valence-corrected chi connectivity index (χ0v) is 13.5. The molecule has 4 heteroatoms. The summed E-state index contributed by atoms with van der Waals surface area (Å²) in [6.45, 7) is 11.8. The van der Waals surface area contributed by atoms with Crippen molar-refractivity contribution in [1.29, 1.82) is 0 Å². The Bertz CT molecular complexity index is 414. The average Bonchev–Trinajstić information content (AvgIpc) is 2.80. The van der Waals surface area contributed by atoms with Crippen molar-refractivity contribution in [1.82, 2.24) is 15.2 Å². The number of hydrogen-bond acceptors (Lipinski definition) is 2. The second-order valence-electron chi connectivity index (χ2n) is 6.31. The van der Waals surface area contributed by atoms with Gasteiger partial charge in [0.15, 0.2) is 0 Å². The van der Waals surface area contributed by atoms with Crippen LogP contribution in [0.2, 0.25) is 0 Å². The molecule has 0 radical (unpaired) electrons. The summed E-state index contributed by atoms with van der Waals surface area (Å²) in [4.78, 5) is 12.0. The van der Waals surface area contributed by atoms with Gasteiger partial charge in [-0.05, 0) is 45.7 Å². The molecule has 1 heterocycles. The van der Waals surface area contributed by atoms with Crippen LogP contribution in [0, 0.1) is 0 Å². The van der Waals surface area contributed by atoms with E-state index in [9.17, 15) is 4.79 Å². The van der Waals surface area contributed by atoms with Gasteiger partial charge in [0.2, 0.25) is 5.91 Å². The van der Waals surface area contributed by atoms with Crippen molar-refractivity contribution >= 4 is 5.91 Å². The predicted octanol–water partition coefficient (Wildman–Crippen LogP) is 2.68. The summed E-state index contributed by atoms with van der Waals surface area (Å²) >= 11 is 0. The molecule has 0 saturated heterocycles. The summed E-state index contributed by atoms with van der Waals surface area (Å²) < 4.78 is 2.01. The summed E-state index contributed by atoms with van der Waals surface area (Å²) in [5, 5.41) is 6.52. The van der Waals surface area contributed by atoms with E-state index >= 15 is 0 Å². The van der Waals surface area contributed by atoms with E-state index in [0.29, 0.717) is 6.54 Å². The predicted molar refractivity (Wildman–Crippen MR) is 83.5 cm³/mol. The lowest BCUT2D eigenvalue weighted by Crippen LogP contribution is -2.38. The van der Waals surface area contributed by atoms with Gasteiger partial charge in [-0.25, -0.2) is 0 Å². The van der Waals surface area contributed by atoms with Crippen molar-refractivity contribution in [3.63, 3.8) is 0 Å². The van der Waals surface area contributed by atoms with E-state index < -0.39 is 0 Å². The Balaban J connectivity index is 2.56. The summed E-state index contributed by atoms with van der Waals surface area (Å²) in [5.41, 5.74) is 1.21. The molecule has 0 atom stereocenters. The fourth-order valence-electron chi connectivity index (χ4n) is 2.04. The minimum absolute atomic E-state index is 0.0763. The van der Waals surface area contributed by atoms with E-state index in [1.54, 1.807) is 0 Å². The molecule has 114 valence electrons. The first-order valence-electron chi connectivity index (χ1n) is 7.54. The molecule has 1 aromatic heterocycles. The molecular formula is C16H29N3O. The van der Waals surface area contributed by atoms with E-state index in [1.165, 1.54) is 0 Å². The molecule has 0 unspecified atom stereocenters. The molecule has 0 bridgehead atoms. The van der Waals surface area contributed by atoms with Crippen LogP contribution in [-0.2, 0) is 17.9 Å². The van der Waals surface area contributed by atoms with Gasteiger partial charge in [-0.1, -0.05) is 13.8 Å². The number of hydrogen-bond donors (Lipinski definition) is 2. The fourth-order valence-corrected chi connectivity index (χ4v) is 2.04. The van der Waals surface area contributed by atoms with Crippen molar-refractivity contribution in [3.8, 4) is 0 Å². The molecule has 0 spiro atoms. The molecular weight excluding hydrogens is 250 g/mol. The van der Waals surface area contributed by atoms with Crippen LogP contribution in [0.25, 0.3) is 0 Å². The van der Waals surface area contributed by atoms with Crippen molar-refractivity contribution in [2.24, 2.45) is 0 Å². The minimum Gasteiger partial charge on any atom is -0.352 e. The van der Waals surface area contributed by atoms with Crippen LogP contribution in [0.15, 0.2) is 18.3 Å². The Morgan fingerprint density at radius 2 is 1.95 bits per heavy atom. The van der Waals surface area contributed by atoms with Gasteiger partial charge in [0.1, 0.15) is 6.54 Å². The average molecular weight is 279 g/mol. The van der Waals surface area contributed by atoms with Crippen molar-refractivity contribution in [2.75, 3.05) is 0 Å². The van der Waals surface area contributed by atoms with Crippen LogP contribution >= 0.6 is 0 Å². The molecule has 2 N–H and O–H groups in total. The molecule has 1 aromatic rings. The quantitative estimate of drug-likeness (QED) is 0.806. The Morgan fingerprint density at radius 3 is 2.50 bits per heavy atom. The summed E-state index contributed by atoms with van der Waals surface area (Å²) in [6.07, 6.45) is 3.92. The highest BCUT2D eigenvalue weighted by Crippen LogP contribution is 2.06. The van der Waals surface area contributed by atoms with Gasteiger partial charge in [-0.3, -0.25) is 4.79 Å². The van der Waals surface area contributed by atoms with E-state index in [4.69, 9.17) is 0 Å². The third kappa shape index (κ3) is 5.78. The van der Waals surface area contributed by atoms with Crippen LogP contribution < -0.4 is 10.6 Å². The largest absolute Gasteiger partial charge is 0.352 e. The first-order valence-corrected chi connectivity index (χ1v) is 7.54. The van der Waals surface area contributed by atoms with Gasteiger partial charge >= 0.3 is 0 Å². The van der Waals surface area contributed by atoms with Gasteiger partial charge in [-0.15, -0.1) is 0 Å². The van der Waals surface area contributed by atoms with Crippen LogP contribution in [0.3, 0.4) is 0 Å². The third-order valence-electron chi connectivity index (χ3n) is 3.39. The van der Waals surface area contributed by atoms with E-state index in [-0.39, 0.29) is 17.5 Å². The number of carbonyl (C=O) groups excluding carboxylic acids is 1. The Kier molecular flexibility index (Phi) is 6.27. The topological polar surface area (TPSA) is 46.1 Å². The summed E-state index contributed by atoms with van der Waals surface area (Å²) in [5.74, 6) is 0.0897. The van der Waals surface area contributed by atoms with Gasteiger partial charge in [0.25, 0.3) is 0 Å². The maximum Gasteiger partial charge on any atom is 0.240 e. The zero-order valence-electron chi connectivity index (χ0n) is 13.5. The zero-order chi connectivity index (χ0) is 15.2. The number of amides is 1.